The summed E-state index contributed by atoms with van der Waals surface area (Å²) in [5.74, 6) is 0.469. The summed E-state index contributed by atoms with van der Waals surface area (Å²) in [4.78, 5) is 0. The van der Waals surface area contributed by atoms with Crippen LogP contribution in [0, 0.1) is 5.82 Å². The molecule has 0 radical (unpaired) electrons. The summed E-state index contributed by atoms with van der Waals surface area (Å²) in [5, 5.41) is 3.54. The van der Waals surface area contributed by atoms with Crippen LogP contribution in [0.4, 0.5) is 4.39 Å². The Morgan fingerprint density at radius 2 is 2.25 bits per heavy atom. The molecule has 0 aromatic heterocycles. The number of benzene rings is 1. The molecule has 2 rings (SSSR count). The molecule has 88 valence electrons. The van der Waals surface area contributed by atoms with Gasteiger partial charge in [-0.2, -0.15) is 0 Å². The van der Waals surface area contributed by atoms with E-state index in [1.165, 1.54) is 11.1 Å². The lowest BCUT2D eigenvalue weighted by Crippen LogP contribution is -2.33. The number of hydrogen-bond acceptors (Lipinski definition) is 1. The minimum atomic E-state index is -0.101. The zero-order valence-corrected chi connectivity index (χ0v) is 10.1. The molecule has 1 aromatic rings. The summed E-state index contributed by atoms with van der Waals surface area (Å²) < 4.78 is 13.1. The number of fused-ring (bicyclic) bond motifs is 1. The molecule has 0 amide bonds. The Morgan fingerprint density at radius 1 is 1.44 bits per heavy atom. The van der Waals surface area contributed by atoms with Crippen LogP contribution in [0.25, 0.3) is 0 Å². The summed E-state index contributed by atoms with van der Waals surface area (Å²) in [6, 6.07) is 5.81. The highest BCUT2D eigenvalue weighted by Crippen LogP contribution is 2.36. The predicted molar refractivity (Wildman–Crippen MR) is 65.2 cm³/mol. The fourth-order valence-electron chi connectivity index (χ4n) is 2.87. The quantitative estimate of drug-likeness (QED) is 0.823. The molecule has 1 nitrogen and oxygen atoms in total. The summed E-state index contributed by atoms with van der Waals surface area (Å²) in [6.45, 7) is 5.36. The van der Waals surface area contributed by atoms with Crippen molar-refractivity contribution < 1.29 is 4.39 Å². The second-order valence-corrected chi connectivity index (χ2v) is 4.56. The lowest BCUT2D eigenvalue weighted by Gasteiger charge is -2.24. The molecule has 0 bridgehead atoms. The van der Waals surface area contributed by atoms with Crippen LogP contribution in [-0.4, -0.2) is 12.6 Å². The summed E-state index contributed by atoms with van der Waals surface area (Å²) in [5.41, 5.74) is 2.57. The van der Waals surface area contributed by atoms with Gasteiger partial charge in [0.2, 0.25) is 0 Å². The molecule has 1 N–H and O–H groups in total. The van der Waals surface area contributed by atoms with Crippen molar-refractivity contribution in [2.24, 2.45) is 0 Å². The lowest BCUT2D eigenvalue weighted by atomic mass is 9.91. The van der Waals surface area contributed by atoms with Gasteiger partial charge in [-0.1, -0.05) is 19.9 Å². The van der Waals surface area contributed by atoms with Crippen LogP contribution in [-0.2, 0) is 6.42 Å². The van der Waals surface area contributed by atoms with Gasteiger partial charge in [-0.3, -0.25) is 0 Å². The van der Waals surface area contributed by atoms with Crippen LogP contribution in [0.15, 0.2) is 18.2 Å². The molecule has 16 heavy (non-hydrogen) atoms. The molecule has 2 atom stereocenters. The normalized spacial score (nSPS) is 20.8. The van der Waals surface area contributed by atoms with Crippen molar-refractivity contribution in [3.05, 3.63) is 35.1 Å². The Balaban J connectivity index is 2.22. The molecule has 0 heterocycles. The van der Waals surface area contributed by atoms with Crippen LogP contribution in [0.1, 0.15) is 43.7 Å². The Kier molecular flexibility index (Phi) is 3.59. The molecule has 1 aromatic carbocycles. The first-order valence-electron chi connectivity index (χ1n) is 6.28. The third-order valence-corrected chi connectivity index (χ3v) is 3.62. The molecule has 0 aliphatic heterocycles. The lowest BCUT2D eigenvalue weighted by molar-refractivity contribution is 0.426. The highest BCUT2D eigenvalue weighted by atomic mass is 19.1. The van der Waals surface area contributed by atoms with Gasteiger partial charge in [0.25, 0.3) is 0 Å². The van der Waals surface area contributed by atoms with E-state index in [4.69, 9.17) is 0 Å². The van der Waals surface area contributed by atoms with Crippen LogP contribution in [0.2, 0.25) is 0 Å². The van der Waals surface area contributed by atoms with Crippen molar-refractivity contribution in [2.45, 2.75) is 45.1 Å². The molecular weight excluding hydrogens is 201 g/mol. The highest BCUT2D eigenvalue weighted by molar-refractivity contribution is 5.36. The average molecular weight is 221 g/mol. The topological polar surface area (TPSA) is 12.0 Å². The minimum Gasteiger partial charge on any atom is -0.314 e. The number of hydrogen-bond donors (Lipinski definition) is 1. The summed E-state index contributed by atoms with van der Waals surface area (Å²) in [6.07, 6.45) is 3.32. The predicted octanol–water partition coefficient (Wildman–Crippen LogP) is 3.24. The van der Waals surface area contributed by atoms with Crippen molar-refractivity contribution in [3.8, 4) is 0 Å². The average Bonchev–Trinajstić information content (AvgIpc) is 2.68. The molecule has 0 fully saturated rings. The summed E-state index contributed by atoms with van der Waals surface area (Å²) in [7, 11) is 0. The molecular formula is C14H20FN. The van der Waals surface area contributed by atoms with E-state index in [0.717, 1.165) is 25.8 Å². The van der Waals surface area contributed by atoms with E-state index in [0.29, 0.717) is 12.0 Å². The first-order valence-corrected chi connectivity index (χ1v) is 6.28. The second-order valence-electron chi connectivity index (χ2n) is 4.56. The number of nitrogens with one attached hydrogen (secondary N) is 1. The van der Waals surface area contributed by atoms with Crippen molar-refractivity contribution in [1.29, 1.82) is 0 Å². The maximum Gasteiger partial charge on any atom is 0.123 e. The number of halogens is 1. The fourth-order valence-corrected chi connectivity index (χ4v) is 2.87. The van der Waals surface area contributed by atoms with Gasteiger partial charge < -0.3 is 5.32 Å². The van der Waals surface area contributed by atoms with E-state index >= 15 is 0 Å². The SMILES string of the molecule is CCNC(CC)C1CCc2cc(F)ccc21. The van der Waals surface area contributed by atoms with E-state index in [2.05, 4.69) is 19.2 Å². The monoisotopic (exact) mass is 221 g/mol. The van der Waals surface area contributed by atoms with E-state index in [1.54, 1.807) is 12.1 Å². The minimum absolute atomic E-state index is 0.101. The zero-order chi connectivity index (χ0) is 11.5. The van der Waals surface area contributed by atoms with E-state index in [9.17, 15) is 4.39 Å². The molecule has 0 saturated heterocycles. The molecule has 1 aliphatic carbocycles. The molecule has 1 aliphatic rings. The van der Waals surface area contributed by atoms with Gasteiger partial charge in [0.15, 0.2) is 0 Å². The van der Waals surface area contributed by atoms with Gasteiger partial charge >= 0.3 is 0 Å². The van der Waals surface area contributed by atoms with Gasteiger partial charge in [0, 0.05) is 6.04 Å². The standard InChI is InChI=1S/C14H20FN/c1-3-14(16-4-2)13-7-5-10-9-11(15)6-8-12(10)13/h6,8-9,13-14,16H,3-5,7H2,1-2H3. The number of rotatable bonds is 4. The third kappa shape index (κ3) is 2.12. The smallest absolute Gasteiger partial charge is 0.123 e. The zero-order valence-electron chi connectivity index (χ0n) is 10.1. The Hall–Kier alpha value is -0.890. The molecule has 2 unspecified atom stereocenters. The first-order chi connectivity index (χ1) is 7.76. The molecule has 2 heteroatoms. The third-order valence-electron chi connectivity index (χ3n) is 3.62. The van der Waals surface area contributed by atoms with Gasteiger partial charge in [0.1, 0.15) is 5.82 Å². The van der Waals surface area contributed by atoms with Crippen LogP contribution in [0.5, 0.6) is 0 Å². The van der Waals surface area contributed by atoms with Gasteiger partial charge in [0.05, 0.1) is 0 Å². The number of aryl methyl sites for hydroxylation is 1. The van der Waals surface area contributed by atoms with Crippen molar-refractivity contribution in [1.82, 2.24) is 5.32 Å². The number of likely N-dealkylation sites (N-methyl/N-ethyl adjacent to an activating group) is 1. The van der Waals surface area contributed by atoms with Crippen molar-refractivity contribution in [2.75, 3.05) is 6.54 Å². The van der Waals surface area contributed by atoms with Crippen molar-refractivity contribution >= 4 is 0 Å². The van der Waals surface area contributed by atoms with E-state index in [-0.39, 0.29) is 5.82 Å². The maximum absolute atomic E-state index is 13.1. The highest BCUT2D eigenvalue weighted by Gasteiger charge is 2.28. The Labute approximate surface area is 97.1 Å². The van der Waals surface area contributed by atoms with Gasteiger partial charge in [-0.15, -0.1) is 0 Å². The molecule has 0 saturated carbocycles. The Morgan fingerprint density at radius 3 is 2.94 bits per heavy atom. The Bertz CT molecular complexity index is 362. The maximum atomic E-state index is 13.1. The molecule has 0 spiro atoms. The van der Waals surface area contributed by atoms with Crippen LogP contribution < -0.4 is 5.32 Å². The fraction of sp³-hybridized carbons (Fsp3) is 0.571. The van der Waals surface area contributed by atoms with Crippen LogP contribution >= 0.6 is 0 Å². The van der Waals surface area contributed by atoms with E-state index < -0.39 is 0 Å². The van der Waals surface area contributed by atoms with E-state index in [1.807, 2.05) is 6.07 Å². The van der Waals surface area contributed by atoms with Crippen LogP contribution in [0.3, 0.4) is 0 Å². The summed E-state index contributed by atoms with van der Waals surface area (Å²) >= 11 is 0. The van der Waals surface area contributed by atoms with Crippen molar-refractivity contribution in [3.63, 3.8) is 0 Å². The first kappa shape index (κ1) is 11.6. The van der Waals surface area contributed by atoms with Gasteiger partial charge in [-0.25, -0.2) is 4.39 Å². The second kappa shape index (κ2) is 4.96. The largest absolute Gasteiger partial charge is 0.314 e. The van der Waals surface area contributed by atoms with Gasteiger partial charge in [-0.05, 0) is 55.0 Å².